The molecule has 0 saturated heterocycles. The van der Waals surface area contributed by atoms with Crippen molar-refractivity contribution in [3.63, 3.8) is 0 Å². The van der Waals surface area contributed by atoms with Gasteiger partial charge in [0, 0.05) is 11.0 Å². The van der Waals surface area contributed by atoms with Crippen molar-refractivity contribution in [2.75, 3.05) is 0 Å². The number of carboxylic acid groups (broad SMARTS) is 1. The van der Waals surface area contributed by atoms with Gasteiger partial charge in [0.15, 0.2) is 0 Å². The van der Waals surface area contributed by atoms with Gasteiger partial charge in [0.05, 0.1) is 0 Å². The van der Waals surface area contributed by atoms with Crippen molar-refractivity contribution in [2.24, 2.45) is 0 Å². The molecule has 0 fully saturated rings. The lowest BCUT2D eigenvalue weighted by Crippen LogP contribution is -1.86. The lowest BCUT2D eigenvalue weighted by Gasteiger charge is -1.98. The molecule has 0 aliphatic heterocycles. The molecule has 0 saturated carbocycles. The number of benzene rings is 1. The summed E-state index contributed by atoms with van der Waals surface area (Å²) >= 11 is 1.01. The van der Waals surface area contributed by atoms with E-state index in [2.05, 4.69) is 0 Å². The van der Waals surface area contributed by atoms with Crippen molar-refractivity contribution in [3.05, 3.63) is 35.9 Å². The highest BCUT2D eigenvalue weighted by Crippen LogP contribution is 2.22. The highest BCUT2D eigenvalue weighted by Gasteiger charge is 1.98. The van der Waals surface area contributed by atoms with Crippen LogP contribution in [-0.2, 0) is 4.79 Å². The average molecular weight is 205 g/mol. The molecule has 0 bridgehead atoms. The summed E-state index contributed by atoms with van der Waals surface area (Å²) in [5, 5.41) is 18.9. The van der Waals surface area contributed by atoms with E-state index in [0.717, 1.165) is 28.3 Å². The maximum atomic E-state index is 10.3. The van der Waals surface area contributed by atoms with E-state index in [4.69, 9.17) is 10.4 Å². The van der Waals surface area contributed by atoms with Crippen LogP contribution in [0.1, 0.15) is 5.56 Å². The molecule has 0 amide bonds. The number of nitrogens with zero attached hydrogens (tertiary/aromatic N) is 1. The normalized spacial score (nSPS) is 9.93. The number of thioether (sulfide) groups is 1. The smallest absolute Gasteiger partial charge is 0.328 e. The van der Waals surface area contributed by atoms with E-state index >= 15 is 0 Å². The fraction of sp³-hybridized carbons (Fsp3) is 0. The first kappa shape index (κ1) is 10.4. The first-order valence-electron chi connectivity index (χ1n) is 3.80. The molecule has 0 atom stereocenters. The zero-order chi connectivity index (χ0) is 10.4. The predicted molar refractivity (Wildman–Crippen MR) is 54.6 cm³/mol. The number of thiocyanates is 1. The first-order valence-corrected chi connectivity index (χ1v) is 4.61. The van der Waals surface area contributed by atoms with Gasteiger partial charge >= 0.3 is 5.97 Å². The third-order valence-corrected chi connectivity index (χ3v) is 2.16. The van der Waals surface area contributed by atoms with Crippen LogP contribution in [0.25, 0.3) is 6.08 Å². The van der Waals surface area contributed by atoms with Gasteiger partial charge in [0.1, 0.15) is 5.40 Å². The van der Waals surface area contributed by atoms with Gasteiger partial charge in [-0.1, -0.05) is 18.2 Å². The van der Waals surface area contributed by atoms with Crippen LogP contribution in [0.2, 0.25) is 0 Å². The van der Waals surface area contributed by atoms with Crippen LogP contribution in [0.15, 0.2) is 35.2 Å². The monoisotopic (exact) mass is 205 g/mol. The number of aliphatic carboxylic acids is 1. The van der Waals surface area contributed by atoms with Gasteiger partial charge in [-0.05, 0) is 29.5 Å². The minimum atomic E-state index is -0.998. The second kappa shape index (κ2) is 5.10. The molecular formula is C10H7NO2S. The standard InChI is InChI=1S/C10H7NO2S/c11-7-14-9-4-2-1-3-8(9)5-6-10(12)13/h1-6H,(H,12,13). The number of carboxylic acids is 1. The zero-order valence-corrected chi connectivity index (χ0v) is 7.99. The lowest BCUT2D eigenvalue weighted by atomic mass is 10.2. The molecule has 0 heterocycles. The molecule has 0 unspecified atom stereocenters. The summed E-state index contributed by atoms with van der Waals surface area (Å²) in [5.74, 6) is -0.998. The zero-order valence-electron chi connectivity index (χ0n) is 7.18. The van der Waals surface area contributed by atoms with Gasteiger partial charge < -0.3 is 5.11 Å². The maximum Gasteiger partial charge on any atom is 0.328 e. The van der Waals surface area contributed by atoms with E-state index in [0.29, 0.717) is 0 Å². The summed E-state index contributed by atoms with van der Waals surface area (Å²) < 4.78 is 0. The number of rotatable bonds is 3. The van der Waals surface area contributed by atoms with Crippen LogP contribution < -0.4 is 0 Å². The molecule has 0 radical (unpaired) electrons. The Balaban J connectivity index is 2.96. The molecule has 4 heteroatoms. The van der Waals surface area contributed by atoms with Gasteiger partial charge in [0.2, 0.25) is 0 Å². The van der Waals surface area contributed by atoms with Gasteiger partial charge in [-0.2, -0.15) is 5.26 Å². The first-order chi connectivity index (χ1) is 6.74. The third-order valence-electron chi connectivity index (χ3n) is 1.48. The second-order valence-electron chi connectivity index (χ2n) is 2.40. The molecular weight excluding hydrogens is 198 g/mol. The quantitative estimate of drug-likeness (QED) is 0.467. The van der Waals surface area contributed by atoms with Crippen molar-refractivity contribution < 1.29 is 9.90 Å². The molecule has 70 valence electrons. The highest BCUT2D eigenvalue weighted by atomic mass is 32.2. The SMILES string of the molecule is N#CSc1ccccc1C=CC(=O)O. The summed E-state index contributed by atoms with van der Waals surface area (Å²) in [6.45, 7) is 0. The Bertz CT molecular complexity index is 407. The summed E-state index contributed by atoms with van der Waals surface area (Å²) in [4.78, 5) is 11.0. The predicted octanol–water partition coefficient (Wildman–Crippen LogP) is 2.36. The Morgan fingerprint density at radius 2 is 2.21 bits per heavy atom. The molecule has 1 N–H and O–H groups in total. The number of carbonyl (C=O) groups is 1. The second-order valence-corrected chi connectivity index (χ2v) is 3.23. The molecule has 1 rings (SSSR count). The fourth-order valence-electron chi connectivity index (χ4n) is 0.921. The average Bonchev–Trinajstić information content (AvgIpc) is 2.17. The minimum absolute atomic E-state index is 0.737. The Labute approximate surface area is 85.7 Å². The Morgan fingerprint density at radius 3 is 2.86 bits per heavy atom. The molecule has 0 spiro atoms. The van der Waals surface area contributed by atoms with E-state index in [9.17, 15) is 4.79 Å². The van der Waals surface area contributed by atoms with Crippen molar-refractivity contribution in [1.82, 2.24) is 0 Å². The number of hydrogen-bond donors (Lipinski definition) is 1. The molecule has 3 nitrogen and oxygen atoms in total. The van der Waals surface area contributed by atoms with E-state index in [1.807, 2.05) is 5.40 Å². The van der Waals surface area contributed by atoms with Crippen LogP contribution in [0, 0.1) is 10.7 Å². The van der Waals surface area contributed by atoms with Crippen molar-refractivity contribution >= 4 is 23.8 Å². The summed E-state index contributed by atoms with van der Waals surface area (Å²) in [5.41, 5.74) is 0.737. The summed E-state index contributed by atoms with van der Waals surface area (Å²) in [6.07, 6.45) is 2.53. The number of hydrogen-bond acceptors (Lipinski definition) is 3. The number of nitriles is 1. The van der Waals surface area contributed by atoms with Crippen molar-refractivity contribution in [2.45, 2.75) is 4.90 Å². The van der Waals surface area contributed by atoms with Crippen molar-refractivity contribution in [1.29, 1.82) is 5.26 Å². The van der Waals surface area contributed by atoms with Gasteiger partial charge in [0.25, 0.3) is 0 Å². The van der Waals surface area contributed by atoms with Crippen LogP contribution in [0.3, 0.4) is 0 Å². The summed E-state index contributed by atoms with van der Waals surface area (Å²) in [7, 11) is 0. The van der Waals surface area contributed by atoms with Crippen LogP contribution >= 0.6 is 11.8 Å². The Morgan fingerprint density at radius 1 is 1.50 bits per heavy atom. The topological polar surface area (TPSA) is 61.1 Å². The summed E-state index contributed by atoms with van der Waals surface area (Å²) in [6, 6.07) is 7.13. The van der Waals surface area contributed by atoms with E-state index < -0.39 is 5.97 Å². The van der Waals surface area contributed by atoms with Gasteiger partial charge in [-0.3, -0.25) is 0 Å². The fourth-order valence-corrected chi connectivity index (χ4v) is 1.42. The molecule has 1 aromatic rings. The molecule has 0 aliphatic carbocycles. The van der Waals surface area contributed by atoms with E-state index in [1.54, 1.807) is 24.3 Å². The third kappa shape index (κ3) is 2.96. The Hall–Kier alpha value is -1.73. The van der Waals surface area contributed by atoms with Crippen molar-refractivity contribution in [3.8, 4) is 5.40 Å². The van der Waals surface area contributed by atoms with Crippen LogP contribution in [0.4, 0.5) is 0 Å². The largest absolute Gasteiger partial charge is 0.478 e. The van der Waals surface area contributed by atoms with E-state index in [-0.39, 0.29) is 0 Å². The molecule has 0 aromatic heterocycles. The van der Waals surface area contributed by atoms with Gasteiger partial charge in [-0.15, -0.1) is 0 Å². The lowest BCUT2D eigenvalue weighted by molar-refractivity contribution is -0.131. The van der Waals surface area contributed by atoms with Crippen LogP contribution in [0.5, 0.6) is 0 Å². The highest BCUT2D eigenvalue weighted by molar-refractivity contribution is 8.03. The molecule has 14 heavy (non-hydrogen) atoms. The van der Waals surface area contributed by atoms with Gasteiger partial charge in [-0.25, -0.2) is 4.79 Å². The molecule has 0 aliphatic rings. The molecule has 1 aromatic carbocycles. The maximum absolute atomic E-state index is 10.3. The Kier molecular flexibility index (Phi) is 3.77. The van der Waals surface area contributed by atoms with Crippen LogP contribution in [-0.4, -0.2) is 11.1 Å². The van der Waals surface area contributed by atoms with E-state index in [1.165, 1.54) is 6.08 Å². The minimum Gasteiger partial charge on any atom is -0.478 e.